The van der Waals surface area contributed by atoms with Gasteiger partial charge in [-0.25, -0.2) is 0 Å². The Kier molecular flexibility index (Phi) is 4.30. The molecule has 3 heteroatoms. The van der Waals surface area contributed by atoms with Gasteiger partial charge >= 0.3 is 0 Å². The lowest BCUT2D eigenvalue weighted by Crippen LogP contribution is -2.38. The predicted octanol–water partition coefficient (Wildman–Crippen LogP) is 1.91. The van der Waals surface area contributed by atoms with Gasteiger partial charge in [-0.3, -0.25) is 9.59 Å². The summed E-state index contributed by atoms with van der Waals surface area (Å²) in [5.41, 5.74) is 0. The van der Waals surface area contributed by atoms with E-state index < -0.39 is 0 Å². The van der Waals surface area contributed by atoms with Crippen molar-refractivity contribution in [2.75, 3.05) is 0 Å². The van der Waals surface area contributed by atoms with Crippen LogP contribution in [0.2, 0.25) is 0 Å². The summed E-state index contributed by atoms with van der Waals surface area (Å²) < 4.78 is 0. The first-order valence-corrected chi connectivity index (χ1v) is 5.81. The zero-order valence-electron chi connectivity index (χ0n) is 9.88. The van der Waals surface area contributed by atoms with Crippen LogP contribution in [-0.2, 0) is 9.59 Å². The maximum Gasteiger partial charge on any atom is 0.217 e. The standard InChI is InChI=1S/C12H21NO2/c1-8(2)12(15)10-4-6-11(7-5-10)13-9(3)14/h8,10-11H,4-7H2,1-3H3,(H,13,14). The summed E-state index contributed by atoms with van der Waals surface area (Å²) in [5.74, 6) is 0.798. The van der Waals surface area contributed by atoms with E-state index in [0.29, 0.717) is 11.8 Å². The van der Waals surface area contributed by atoms with Crippen molar-refractivity contribution in [1.29, 1.82) is 0 Å². The third-order valence-corrected chi connectivity index (χ3v) is 3.11. The molecule has 1 aliphatic rings. The minimum absolute atomic E-state index is 0.0358. The third kappa shape index (κ3) is 3.65. The van der Waals surface area contributed by atoms with Gasteiger partial charge in [0, 0.05) is 24.8 Å². The highest BCUT2D eigenvalue weighted by Gasteiger charge is 2.27. The maximum atomic E-state index is 11.7. The van der Waals surface area contributed by atoms with Gasteiger partial charge in [0.1, 0.15) is 5.78 Å². The number of carbonyl (C=O) groups excluding carboxylic acids is 2. The first kappa shape index (κ1) is 12.2. The quantitative estimate of drug-likeness (QED) is 0.775. The molecule has 0 atom stereocenters. The van der Waals surface area contributed by atoms with E-state index in [1.165, 1.54) is 0 Å². The molecule has 0 aliphatic heterocycles. The minimum Gasteiger partial charge on any atom is -0.354 e. The Morgan fingerprint density at radius 2 is 1.67 bits per heavy atom. The van der Waals surface area contributed by atoms with E-state index in [0.717, 1.165) is 25.7 Å². The van der Waals surface area contributed by atoms with Crippen LogP contribution in [0.4, 0.5) is 0 Å². The van der Waals surface area contributed by atoms with E-state index in [1.807, 2.05) is 13.8 Å². The molecule has 1 aliphatic carbocycles. The van der Waals surface area contributed by atoms with E-state index in [2.05, 4.69) is 5.32 Å². The van der Waals surface area contributed by atoms with Gasteiger partial charge in [0.2, 0.25) is 5.91 Å². The topological polar surface area (TPSA) is 46.2 Å². The Morgan fingerprint density at radius 3 is 2.07 bits per heavy atom. The average molecular weight is 211 g/mol. The van der Waals surface area contributed by atoms with E-state index in [9.17, 15) is 9.59 Å². The molecule has 1 amide bonds. The number of nitrogens with one attached hydrogen (secondary N) is 1. The molecule has 86 valence electrons. The number of rotatable bonds is 3. The average Bonchev–Trinajstić information content (AvgIpc) is 2.17. The first-order valence-electron chi connectivity index (χ1n) is 5.81. The number of carbonyl (C=O) groups is 2. The van der Waals surface area contributed by atoms with Gasteiger partial charge in [0.05, 0.1) is 0 Å². The minimum atomic E-state index is 0.0358. The smallest absolute Gasteiger partial charge is 0.217 e. The molecule has 1 fully saturated rings. The highest BCUT2D eigenvalue weighted by Crippen LogP contribution is 2.27. The maximum absolute atomic E-state index is 11.7. The normalized spacial score (nSPS) is 26.4. The van der Waals surface area contributed by atoms with Crippen molar-refractivity contribution in [2.24, 2.45) is 11.8 Å². The summed E-state index contributed by atoms with van der Waals surface area (Å²) in [6.45, 7) is 5.47. The lowest BCUT2D eigenvalue weighted by Gasteiger charge is -2.28. The molecule has 0 aromatic heterocycles. The number of ketones is 1. The van der Waals surface area contributed by atoms with Crippen molar-refractivity contribution in [3.63, 3.8) is 0 Å². The van der Waals surface area contributed by atoms with Crippen LogP contribution in [0, 0.1) is 11.8 Å². The van der Waals surface area contributed by atoms with Gasteiger partial charge in [-0.15, -0.1) is 0 Å². The van der Waals surface area contributed by atoms with Crippen molar-refractivity contribution in [2.45, 2.75) is 52.5 Å². The molecule has 0 saturated heterocycles. The molecule has 0 aromatic rings. The lowest BCUT2D eigenvalue weighted by atomic mass is 9.80. The number of hydrogen-bond donors (Lipinski definition) is 1. The Morgan fingerprint density at radius 1 is 1.13 bits per heavy atom. The van der Waals surface area contributed by atoms with Gasteiger partial charge < -0.3 is 5.32 Å². The van der Waals surface area contributed by atoms with E-state index in [1.54, 1.807) is 6.92 Å². The van der Waals surface area contributed by atoms with Crippen molar-refractivity contribution >= 4 is 11.7 Å². The molecule has 3 nitrogen and oxygen atoms in total. The van der Waals surface area contributed by atoms with Crippen LogP contribution in [0.15, 0.2) is 0 Å². The summed E-state index contributed by atoms with van der Waals surface area (Å²) in [4.78, 5) is 22.6. The highest BCUT2D eigenvalue weighted by atomic mass is 16.1. The number of amides is 1. The molecule has 0 aromatic carbocycles. The van der Waals surface area contributed by atoms with Crippen molar-refractivity contribution in [3.05, 3.63) is 0 Å². The first-order chi connectivity index (χ1) is 7.00. The molecule has 0 spiro atoms. The van der Waals surface area contributed by atoms with Gasteiger partial charge in [0.15, 0.2) is 0 Å². The molecular weight excluding hydrogens is 190 g/mol. The summed E-state index contributed by atoms with van der Waals surface area (Å²) in [5, 5.41) is 2.92. The predicted molar refractivity (Wildman–Crippen MR) is 59.4 cm³/mol. The molecule has 1 rings (SSSR count). The third-order valence-electron chi connectivity index (χ3n) is 3.11. The summed E-state index contributed by atoms with van der Waals surface area (Å²) in [7, 11) is 0. The fourth-order valence-electron chi connectivity index (χ4n) is 2.28. The van der Waals surface area contributed by atoms with Crippen LogP contribution in [0.3, 0.4) is 0 Å². The molecule has 0 unspecified atom stereocenters. The summed E-state index contributed by atoms with van der Waals surface area (Å²) >= 11 is 0. The second-order valence-corrected chi connectivity index (χ2v) is 4.81. The SMILES string of the molecule is CC(=O)NC1CCC(C(=O)C(C)C)CC1. The lowest BCUT2D eigenvalue weighted by molar-refractivity contribution is -0.126. The molecule has 15 heavy (non-hydrogen) atoms. The van der Waals surface area contributed by atoms with E-state index in [4.69, 9.17) is 0 Å². The Balaban J connectivity index is 2.35. The van der Waals surface area contributed by atoms with Crippen LogP contribution < -0.4 is 5.32 Å². The van der Waals surface area contributed by atoms with Crippen LogP contribution in [0.1, 0.15) is 46.5 Å². The van der Waals surface area contributed by atoms with Crippen molar-refractivity contribution in [1.82, 2.24) is 5.32 Å². The number of hydrogen-bond acceptors (Lipinski definition) is 2. The highest BCUT2D eigenvalue weighted by molar-refractivity contribution is 5.82. The summed E-state index contributed by atoms with van der Waals surface area (Å²) in [6.07, 6.45) is 3.76. The van der Waals surface area contributed by atoms with Gasteiger partial charge in [0.25, 0.3) is 0 Å². The van der Waals surface area contributed by atoms with Gasteiger partial charge in [-0.2, -0.15) is 0 Å². The van der Waals surface area contributed by atoms with Gasteiger partial charge in [-0.05, 0) is 25.7 Å². The largest absolute Gasteiger partial charge is 0.354 e. The molecular formula is C12H21NO2. The van der Waals surface area contributed by atoms with Crippen molar-refractivity contribution in [3.8, 4) is 0 Å². The Bertz CT molecular complexity index is 240. The Labute approximate surface area is 91.6 Å². The van der Waals surface area contributed by atoms with Crippen LogP contribution in [0.25, 0.3) is 0 Å². The molecule has 0 radical (unpaired) electrons. The molecule has 0 heterocycles. The number of Topliss-reactive ketones (excluding diaryl/α,β-unsaturated/α-hetero) is 1. The van der Waals surface area contributed by atoms with Gasteiger partial charge in [-0.1, -0.05) is 13.8 Å². The fourth-order valence-corrected chi connectivity index (χ4v) is 2.28. The second kappa shape index (κ2) is 5.29. The molecule has 1 saturated carbocycles. The zero-order valence-corrected chi connectivity index (χ0v) is 9.88. The van der Waals surface area contributed by atoms with E-state index >= 15 is 0 Å². The van der Waals surface area contributed by atoms with Crippen LogP contribution in [-0.4, -0.2) is 17.7 Å². The van der Waals surface area contributed by atoms with Crippen LogP contribution >= 0.6 is 0 Å². The molecule has 0 bridgehead atoms. The van der Waals surface area contributed by atoms with Crippen molar-refractivity contribution < 1.29 is 9.59 Å². The molecule has 1 N–H and O–H groups in total. The summed E-state index contributed by atoms with van der Waals surface area (Å²) in [6, 6.07) is 0.290. The monoisotopic (exact) mass is 211 g/mol. The Hall–Kier alpha value is -0.860. The van der Waals surface area contributed by atoms with E-state index in [-0.39, 0.29) is 17.7 Å². The second-order valence-electron chi connectivity index (χ2n) is 4.81. The fraction of sp³-hybridized carbons (Fsp3) is 0.833. The van der Waals surface area contributed by atoms with Crippen LogP contribution in [0.5, 0.6) is 0 Å². The zero-order chi connectivity index (χ0) is 11.4.